The Morgan fingerprint density at radius 1 is 1.56 bits per heavy atom. The van der Waals surface area contributed by atoms with Gasteiger partial charge >= 0.3 is 67.8 Å². The van der Waals surface area contributed by atoms with Crippen molar-refractivity contribution >= 4 is 3.90 Å². The molecule has 0 aliphatic heterocycles. The first-order valence-corrected chi connectivity index (χ1v) is 4.50. The Morgan fingerprint density at radius 2 is 2.11 bits per heavy atom. The molecule has 0 aromatic heterocycles. The Bertz CT molecular complexity index is 143. The molecule has 0 radical (unpaired) electrons. The molecule has 0 rings (SSSR count). The van der Waals surface area contributed by atoms with Gasteiger partial charge in [0.1, 0.15) is 0 Å². The van der Waals surface area contributed by atoms with E-state index in [1.54, 1.807) is 0 Å². The Kier molecular flexibility index (Phi) is 4.90. The molecule has 0 amide bonds. The summed E-state index contributed by atoms with van der Waals surface area (Å²) in [5, 5.41) is 0. The van der Waals surface area contributed by atoms with E-state index in [4.69, 9.17) is 0 Å². The molecule has 50 valence electrons. The molecule has 0 saturated heterocycles. The third-order valence-electron chi connectivity index (χ3n) is 1.01. The fourth-order valence-corrected chi connectivity index (χ4v) is 0.598. The van der Waals surface area contributed by atoms with Crippen molar-refractivity contribution in [3.8, 4) is 0 Å². The van der Waals surface area contributed by atoms with Gasteiger partial charge in [-0.1, -0.05) is 0 Å². The van der Waals surface area contributed by atoms with E-state index in [9.17, 15) is 0 Å². The van der Waals surface area contributed by atoms with Crippen molar-refractivity contribution in [1.29, 1.82) is 0 Å². The molecule has 0 spiro atoms. The van der Waals surface area contributed by atoms with Crippen LogP contribution in [0.1, 0.15) is 20.3 Å². The van der Waals surface area contributed by atoms with Crippen molar-refractivity contribution in [3.63, 3.8) is 0 Å². The summed E-state index contributed by atoms with van der Waals surface area (Å²) in [5.41, 5.74) is 1.20. The van der Waals surface area contributed by atoms with E-state index in [1.165, 1.54) is 28.8 Å². The molecular formula is C8H12W. The summed E-state index contributed by atoms with van der Waals surface area (Å²) in [6.45, 7) is 8.09. The normalized spacial score (nSPS) is 10.0. The second kappa shape index (κ2) is 4.87. The first-order valence-electron chi connectivity index (χ1n) is 3.03. The van der Waals surface area contributed by atoms with Crippen molar-refractivity contribution in [2.45, 2.75) is 20.3 Å². The molecule has 0 N–H and O–H groups in total. The van der Waals surface area contributed by atoms with E-state index in [0.29, 0.717) is 0 Å². The van der Waals surface area contributed by atoms with Crippen LogP contribution in [0.5, 0.6) is 0 Å². The van der Waals surface area contributed by atoms with E-state index < -0.39 is 0 Å². The fourth-order valence-electron chi connectivity index (χ4n) is 0.353. The summed E-state index contributed by atoms with van der Waals surface area (Å²) in [7, 11) is 0. The average Bonchev–Trinajstić information content (AvgIpc) is 1.83. The molecule has 0 aliphatic carbocycles. The van der Waals surface area contributed by atoms with E-state index in [2.05, 4.69) is 32.6 Å². The average molecular weight is 292 g/mol. The van der Waals surface area contributed by atoms with Crippen molar-refractivity contribution in [2.24, 2.45) is 0 Å². The summed E-state index contributed by atoms with van der Waals surface area (Å²) < 4.78 is 1.41. The van der Waals surface area contributed by atoms with Gasteiger partial charge in [0.2, 0.25) is 0 Å². The zero-order chi connectivity index (χ0) is 7.28. The maximum atomic E-state index is 3.85. The summed E-state index contributed by atoms with van der Waals surface area (Å²) in [4.78, 5) is 0. The minimum atomic E-state index is 1.05. The molecule has 0 unspecified atom stereocenters. The van der Waals surface area contributed by atoms with E-state index in [1.807, 2.05) is 0 Å². The van der Waals surface area contributed by atoms with E-state index in [0.717, 1.165) is 6.42 Å². The van der Waals surface area contributed by atoms with Crippen LogP contribution in [0.3, 0.4) is 0 Å². The third-order valence-corrected chi connectivity index (χ3v) is 1.50. The molecular weight excluding hydrogens is 280 g/mol. The SMILES string of the molecule is C=C(/C=C\[C](C)=[W])CC. The number of allylic oxidation sites excluding steroid dienone is 3. The topological polar surface area (TPSA) is 0 Å². The number of hydrogen-bond donors (Lipinski definition) is 0. The molecule has 0 atom stereocenters. The number of rotatable bonds is 3. The standard InChI is InChI=1S/C8H12.W/c1-4-6-7-8(3)5-2;/h6-7H,3,5H2,1-2H3;/b7-6-;. The third kappa shape index (κ3) is 5.92. The number of hydrogen-bond acceptors (Lipinski definition) is 0. The Balaban J connectivity index is 3.71. The molecule has 0 bridgehead atoms. The fraction of sp³-hybridized carbons (Fsp3) is 0.375. The summed E-state index contributed by atoms with van der Waals surface area (Å²) >= 11 is 1.53. The van der Waals surface area contributed by atoms with Crippen LogP contribution < -0.4 is 0 Å². The predicted molar refractivity (Wildman–Crippen MR) is 39.3 cm³/mol. The predicted octanol–water partition coefficient (Wildman–Crippen LogP) is 2.25. The van der Waals surface area contributed by atoms with Crippen molar-refractivity contribution in [2.75, 3.05) is 0 Å². The van der Waals surface area contributed by atoms with E-state index >= 15 is 0 Å². The van der Waals surface area contributed by atoms with Gasteiger partial charge in [0.25, 0.3) is 0 Å². The van der Waals surface area contributed by atoms with Gasteiger partial charge in [-0.2, -0.15) is 0 Å². The minimum absolute atomic E-state index is 1.05. The molecule has 0 saturated carbocycles. The first kappa shape index (κ1) is 9.04. The van der Waals surface area contributed by atoms with Crippen molar-refractivity contribution in [1.82, 2.24) is 0 Å². The second-order valence-corrected chi connectivity index (χ2v) is 4.27. The van der Waals surface area contributed by atoms with Crippen LogP contribution in [0, 0.1) is 0 Å². The van der Waals surface area contributed by atoms with Crippen LogP contribution in [-0.2, 0) is 19.4 Å². The Labute approximate surface area is 68.1 Å². The van der Waals surface area contributed by atoms with Gasteiger partial charge in [-0.05, 0) is 0 Å². The molecule has 0 nitrogen and oxygen atoms in total. The Hall–Kier alpha value is 0.0383. The van der Waals surface area contributed by atoms with Crippen molar-refractivity contribution in [3.05, 3.63) is 24.3 Å². The van der Waals surface area contributed by atoms with Crippen LogP contribution in [0.25, 0.3) is 0 Å². The molecule has 0 aromatic rings. The van der Waals surface area contributed by atoms with Crippen LogP contribution in [0.15, 0.2) is 24.3 Å². The monoisotopic (exact) mass is 292 g/mol. The van der Waals surface area contributed by atoms with Gasteiger partial charge in [-0.3, -0.25) is 0 Å². The summed E-state index contributed by atoms with van der Waals surface area (Å²) in [6.07, 6.45) is 5.27. The Morgan fingerprint density at radius 3 is 2.44 bits per heavy atom. The van der Waals surface area contributed by atoms with Gasteiger partial charge in [0.05, 0.1) is 0 Å². The zero-order valence-corrected chi connectivity index (χ0v) is 8.91. The summed E-state index contributed by atoms with van der Waals surface area (Å²) in [5.74, 6) is 0. The van der Waals surface area contributed by atoms with Crippen LogP contribution in [0.4, 0.5) is 0 Å². The van der Waals surface area contributed by atoms with Gasteiger partial charge in [-0.15, -0.1) is 0 Å². The molecule has 0 aliphatic rings. The van der Waals surface area contributed by atoms with Gasteiger partial charge in [0.15, 0.2) is 0 Å². The van der Waals surface area contributed by atoms with Crippen LogP contribution >= 0.6 is 0 Å². The summed E-state index contributed by atoms with van der Waals surface area (Å²) in [6, 6.07) is 0. The second-order valence-electron chi connectivity index (χ2n) is 1.96. The van der Waals surface area contributed by atoms with Gasteiger partial charge < -0.3 is 0 Å². The first-order chi connectivity index (χ1) is 4.16. The van der Waals surface area contributed by atoms with Crippen molar-refractivity contribution < 1.29 is 19.4 Å². The molecule has 0 heterocycles. The molecule has 9 heavy (non-hydrogen) atoms. The molecule has 0 fully saturated rings. The zero-order valence-electron chi connectivity index (χ0n) is 5.98. The van der Waals surface area contributed by atoms with Crippen LogP contribution in [0.2, 0.25) is 0 Å². The molecule has 1 heteroatoms. The van der Waals surface area contributed by atoms with Crippen LogP contribution in [-0.4, -0.2) is 3.90 Å². The quantitative estimate of drug-likeness (QED) is 0.700. The van der Waals surface area contributed by atoms with E-state index in [-0.39, 0.29) is 0 Å². The maximum absolute atomic E-state index is 3.85. The van der Waals surface area contributed by atoms with Gasteiger partial charge in [0, 0.05) is 0 Å². The van der Waals surface area contributed by atoms with Gasteiger partial charge in [-0.25, -0.2) is 0 Å². The molecule has 0 aromatic carbocycles.